The molecular formula is C14H26O2. The average molecular weight is 229 g/mol. The van der Waals surface area contributed by atoms with Gasteiger partial charge in [-0.05, 0) is 32.1 Å². The topological polar surface area (TPSA) is 37.3 Å². The van der Waals surface area contributed by atoms with E-state index < -0.39 is 13.0 Å². The number of rotatable bonds is 8. The zero-order valence-electron chi connectivity index (χ0n) is 13.6. The number of hydrogen-bond acceptors (Lipinski definition) is 2. The van der Waals surface area contributed by atoms with Crippen LogP contribution in [0.4, 0.5) is 0 Å². The number of allylic oxidation sites excluding steroid dienone is 2. The first-order valence-corrected chi connectivity index (χ1v) is 6.02. The lowest BCUT2D eigenvalue weighted by Crippen LogP contribution is -2.31. The van der Waals surface area contributed by atoms with Crippen molar-refractivity contribution in [1.82, 2.24) is 0 Å². The largest absolute Gasteiger partial charge is 0.392 e. The van der Waals surface area contributed by atoms with Crippen LogP contribution in [0, 0.1) is 11.8 Å². The highest BCUT2D eigenvalue weighted by molar-refractivity contribution is 5.78. The fourth-order valence-corrected chi connectivity index (χ4v) is 1.82. The maximum absolute atomic E-state index is 11.4. The van der Waals surface area contributed by atoms with Crippen LogP contribution in [0.25, 0.3) is 0 Å². The molecule has 16 heavy (non-hydrogen) atoms. The zero-order chi connectivity index (χ0) is 15.1. The lowest BCUT2D eigenvalue weighted by Gasteiger charge is -2.24. The smallest absolute Gasteiger partial charge is 0.135 e. The molecule has 0 bridgehead atoms. The summed E-state index contributed by atoms with van der Waals surface area (Å²) in [5.74, 6) is -0.281. The highest BCUT2D eigenvalue weighted by Gasteiger charge is 2.25. The Kier molecular flexibility index (Phi) is 5.60. The molecule has 2 heteroatoms. The summed E-state index contributed by atoms with van der Waals surface area (Å²) >= 11 is 0. The second kappa shape index (κ2) is 8.51. The molecule has 0 aliphatic rings. The van der Waals surface area contributed by atoms with Crippen molar-refractivity contribution >= 4 is 5.78 Å². The number of carbonyl (C=O) groups excluding carboxylic acids is 1. The molecule has 0 saturated carbocycles. The van der Waals surface area contributed by atoms with Crippen molar-refractivity contribution in [3.63, 3.8) is 0 Å². The minimum Gasteiger partial charge on any atom is -0.392 e. The summed E-state index contributed by atoms with van der Waals surface area (Å²) in [6, 6.07) is 0. The van der Waals surface area contributed by atoms with Gasteiger partial charge in [0.15, 0.2) is 0 Å². The number of aliphatic hydroxyl groups is 1. The van der Waals surface area contributed by atoms with Crippen molar-refractivity contribution in [3.05, 3.63) is 12.2 Å². The summed E-state index contributed by atoms with van der Waals surface area (Å²) in [4.78, 5) is 11.4. The van der Waals surface area contributed by atoms with E-state index in [9.17, 15) is 9.90 Å². The number of ketones is 1. The predicted molar refractivity (Wildman–Crippen MR) is 68.3 cm³/mol. The van der Waals surface area contributed by atoms with Gasteiger partial charge in [0.25, 0.3) is 0 Å². The van der Waals surface area contributed by atoms with Gasteiger partial charge in [-0.2, -0.15) is 0 Å². The quantitative estimate of drug-likeness (QED) is 0.648. The van der Waals surface area contributed by atoms with Gasteiger partial charge in [-0.25, -0.2) is 0 Å². The zero-order valence-corrected chi connectivity index (χ0v) is 10.6. The molecule has 0 rings (SSSR count). The van der Waals surface area contributed by atoms with Crippen LogP contribution in [0.2, 0.25) is 0 Å². The summed E-state index contributed by atoms with van der Waals surface area (Å²) in [7, 11) is 0. The standard InChI is InChI=1S/C14H26O2/c1-5-7-8-9-10-11(3)14(16)13(6-2)12(4)15/h8-9,11,13-14,16H,5-7,10H2,1-4H3/b9-8+/t11-,13-,14?/m1/s1/i1D3. The molecule has 0 fully saturated rings. The SMILES string of the molecule is [2H]C([2H])([2H])CC/C=C/C[C@@H](C)C(O)[C@H](CC)C(C)=O. The number of carbonyl (C=O) groups is 1. The molecule has 1 N–H and O–H groups in total. The van der Waals surface area contributed by atoms with Crippen molar-refractivity contribution in [3.8, 4) is 0 Å². The first-order chi connectivity index (χ1) is 8.69. The van der Waals surface area contributed by atoms with Crippen molar-refractivity contribution in [2.45, 2.75) is 59.4 Å². The highest BCUT2D eigenvalue weighted by Crippen LogP contribution is 2.20. The molecule has 2 nitrogen and oxygen atoms in total. The molecule has 0 radical (unpaired) electrons. The molecule has 0 heterocycles. The molecule has 0 aromatic carbocycles. The van der Waals surface area contributed by atoms with E-state index in [1.807, 2.05) is 26.0 Å². The molecule has 0 aromatic heterocycles. The Bertz CT molecular complexity index is 298. The second-order valence-corrected chi connectivity index (χ2v) is 4.34. The van der Waals surface area contributed by atoms with Gasteiger partial charge in [0.05, 0.1) is 6.10 Å². The molecule has 1 unspecified atom stereocenters. The Morgan fingerprint density at radius 3 is 2.69 bits per heavy atom. The fraction of sp³-hybridized carbons (Fsp3) is 0.786. The van der Waals surface area contributed by atoms with Gasteiger partial charge in [-0.3, -0.25) is 4.79 Å². The maximum atomic E-state index is 11.4. The van der Waals surface area contributed by atoms with E-state index in [1.165, 1.54) is 6.92 Å². The van der Waals surface area contributed by atoms with Crippen molar-refractivity contribution in [1.29, 1.82) is 0 Å². The summed E-state index contributed by atoms with van der Waals surface area (Å²) < 4.78 is 21.2. The van der Waals surface area contributed by atoms with E-state index >= 15 is 0 Å². The summed E-state index contributed by atoms with van der Waals surface area (Å²) in [6.07, 6.45) is 5.09. The highest BCUT2D eigenvalue weighted by atomic mass is 16.3. The summed E-state index contributed by atoms with van der Waals surface area (Å²) in [5, 5.41) is 10.1. The second-order valence-electron chi connectivity index (χ2n) is 4.34. The molecule has 0 amide bonds. The summed E-state index contributed by atoms with van der Waals surface area (Å²) in [6.45, 7) is 3.44. The Morgan fingerprint density at radius 2 is 2.19 bits per heavy atom. The third-order valence-corrected chi connectivity index (χ3v) is 2.94. The van der Waals surface area contributed by atoms with E-state index in [2.05, 4.69) is 0 Å². The lowest BCUT2D eigenvalue weighted by molar-refractivity contribution is -0.125. The minimum absolute atomic E-state index is 0.00198. The normalized spacial score (nSPS) is 20.9. The summed E-state index contributed by atoms with van der Waals surface area (Å²) in [5.41, 5.74) is 0. The number of hydrogen-bond donors (Lipinski definition) is 1. The van der Waals surface area contributed by atoms with Crippen molar-refractivity contribution < 1.29 is 14.0 Å². The minimum atomic E-state index is -1.88. The van der Waals surface area contributed by atoms with E-state index in [-0.39, 0.29) is 24.0 Å². The molecule has 0 saturated heterocycles. The molecule has 94 valence electrons. The van der Waals surface area contributed by atoms with Gasteiger partial charge >= 0.3 is 0 Å². The van der Waals surface area contributed by atoms with Crippen LogP contribution < -0.4 is 0 Å². The molecular weight excluding hydrogens is 200 g/mol. The van der Waals surface area contributed by atoms with Crippen LogP contribution in [-0.2, 0) is 4.79 Å². The van der Waals surface area contributed by atoms with E-state index in [0.717, 1.165) is 0 Å². The van der Waals surface area contributed by atoms with Gasteiger partial charge in [0.1, 0.15) is 5.78 Å². The Labute approximate surface area is 104 Å². The molecule has 0 aliphatic carbocycles. The Balaban J connectivity index is 4.12. The van der Waals surface area contributed by atoms with E-state index in [1.54, 1.807) is 0 Å². The molecule has 3 atom stereocenters. The first-order valence-electron chi connectivity index (χ1n) is 7.52. The third kappa shape index (κ3) is 5.45. The number of Topliss-reactive ketones (excluding diaryl/α,β-unsaturated/α-hetero) is 1. The van der Waals surface area contributed by atoms with Crippen molar-refractivity contribution in [2.24, 2.45) is 11.8 Å². The van der Waals surface area contributed by atoms with Crippen molar-refractivity contribution in [2.75, 3.05) is 0 Å². The molecule has 0 aromatic rings. The fourth-order valence-electron chi connectivity index (χ4n) is 1.82. The van der Waals surface area contributed by atoms with Gasteiger partial charge in [-0.15, -0.1) is 0 Å². The average Bonchev–Trinajstić information content (AvgIpc) is 2.26. The van der Waals surface area contributed by atoms with Gasteiger partial charge < -0.3 is 5.11 Å². The Hall–Kier alpha value is -0.630. The first kappa shape index (κ1) is 10.5. The van der Waals surface area contributed by atoms with Gasteiger partial charge in [0.2, 0.25) is 0 Å². The van der Waals surface area contributed by atoms with E-state index in [0.29, 0.717) is 19.3 Å². The Morgan fingerprint density at radius 1 is 1.50 bits per heavy atom. The monoisotopic (exact) mass is 229 g/mol. The van der Waals surface area contributed by atoms with E-state index in [4.69, 9.17) is 4.11 Å². The lowest BCUT2D eigenvalue weighted by atomic mass is 9.86. The molecule has 0 aliphatic heterocycles. The van der Waals surface area contributed by atoms with Crippen LogP contribution in [0.1, 0.15) is 57.4 Å². The van der Waals surface area contributed by atoms with Crippen LogP contribution in [0.5, 0.6) is 0 Å². The van der Waals surface area contributed by atoms with Crippen LogP contribution >= 0.6 is 0 Å². The van der Waals surface area contributed by atoms with Crippen LogP contribution in [-0.4, -0.2) is 17.0 Å². The van der Waals surface area contributed by atoms with Crippen LogP contribution in [0.15, 0.2) is 12.2 Å². The maximum Gasteiger partial charge on any atom is 0.135 e. The van der Waals surface area contributed by atoms with Gasteiger partial charge in [-0.1, -0.05) is 39.3 Å². The molecule has 0 spiro atoms. The number of aliphatic hydroxyl groups excluding tert-OH is 1. The third-order valence-electron chi connectivity index (χ3n) is 2.94. The van der Waals surface area contributed by atoms with Crippen LogP contribution in [0.3, 0.4) is 0 Å². The van der Waals surface area contributed by atoms with Gasteiger partial charge in [0, 0.05) is 10.0 Å². The predicted octanol–water partition coefficient (Wildman–Crippen LogP) is 3.35.